The number of aliphatic hydroxyl groups excluding tert-OH is 1. The quantitative estimate of drug-likeness (QED) is 0.820. The fraction of sp³-hybridized carbons (Fsp3) is 0.500. The topological polar surface area (TPSA) is 56.0 Å². The summed E-state index contributed by atoms with van der Waals surface area (Å²) in [4.78, 5) is 0. The van der Waals surface area contributed by atoms with Crippen molar-refractivity contribution in [3.63, 3.8) is 0 Å². The Labute approximate surface area is 102 Å². The van der Waals surface area contributed by atoms with E-state index in [1.54, 1.807) is 0 Å². The van der Waals surface area contributed by atoms with Gasteiger partial charge in [0.15, 0.2) is 0 Å². The minimum atomic E-state index is -0.255. The van der Waals surface area contributed by atoms with Crippen LogP contribution in [0.3, 0.4) is 0 Å². The molecule has 0 spiro atoms. The van der Waals surface area contributed by atoms with Gasteiger partial charge in [-0.2, -0.15) is 5.26 Å². The lowest BCUT2D eigenvalue weighted by Crippen LogP contribution is -2.57. The van der Waals surface area contributed by atoms with Gasteiger partial charge in [0.05, 0.1) is 17.4 Å². The Morgan fingerprint density at radius 1 is 1.47 bits per heavy atom. The van der Waals surface area contributed by atoms with Crippen LogP contribution in [0, 0.1) is 23.7 Å². The van der Waals surface area contributed by atoms with Crippen LogP contribution in [0.5, 0.6) is 0 Å². The first kappa shape index (κ1) is 11.9. The average molecular weight is 230 g/mol. The summed E-state index contributed by atoms with van der Waals surface area (Å²) in [6.07, 6.45) is 0.487. The first-order chi connectivity index (χ1) is 7.96. The Morgan fingerprint density at radius 2 is 2.18 bits per heavy atom. The lowest BCUT2D eigenvalue weighted by Gasteiger charge is -2.50. The van der Waals surface area contributed by atoms with Gasteiger partial charge in [-0.1, -0.05) is 26.0 Å². The molecule has 1 saturated carbocycles. The molecule has 3 nitrogen and oxygen atoms in total. The van der Waals surface area contributed by atoms with Crippen molar-refractivity contribution in [2.24, 2.45) is 5.41 Å². The predicted molar refractivity (Wildman–Crippen MR) is 67.7 cm³/mol. The smallest absolute Gasteiger partial charge is 0.101 e. The summed E-state index contributed by atoms with van der Waals surface area (Å²) in [5, 5.41) is 22.2. The van der Waals surface area contributed by atoms with Gasteiger partial charge < -0.3 is 10.4 Å². The zero-order valence-electron chi connectivity index (χ0n) is 10.5. The zero-order valence-corrected chi connectivity index (χ0v) is 10.5. The van der Waals surface area contributed by atoms with Crippen molar-refractivity contribution >= 4 is 5.69 Å². The van der Waals surface area contributed by atoms with Gasteiger partial charge in [-0.25, -0.2) is 0 Å². The molecule has 2 atom stereocenters. The third-order valence-corrected chi connectivity index (χ3v) is 3.93. The Morgan fingerprint density at radius 3 is 2.71 bits per heavy atom. The summed E-state index contributed by atoms with van der Waals surface area (Å²) in [5.41, 5.74) is 2.51. The molecule has 0 saturated heterocycles. The van der Waals surface area contributed by atoms with Gasteiger partial charge in [0.25, 0.3) is 0 Å². The van der Waals surface area contributed by atoms with Crippen LogP contribution in [0.2, 0.25) is 0 Å². The molecule has 0 radical (unpaired) electrons. The van der Waals surface area contributed by atoms with Crippen molar-refractivity contribution in [2.75, 3.05) is 5.32 Å². The summed E-state index contributed by atoms with van der Waals surface area (Å²) in [6, 6.07) is 8.13. The standard InChI is InChI=1S/C14H18N2O/c1-9-5-4-6-10(8-15)13(9)16-11-7-12(17)14(11,2)3/h4-6,11-12,16-17H,7H2,1-3H3. The van der Waals surface area contributed by atoms with Crippen LogP contribution in [-0.4, -0.2) is 17.3 Å². The number of aryl methyl sites for hydroxylation is 1. The summed E-state index contributed by atoms with van der Waals surface area (Å²) in [5.74, 6) is 0. The normalized spacial score (nSPS) is 25.8. The van der Waals surface area contributed by atoms with E-state index in [9.17, 15) is 5.11 Å². The van der Waals surface area contributed by atoms with Crippen molar-refractivity contribution in [3.05, 3.63) is 29.3 Å². The minimum absolute atomic E-state index is 0.130. The van der Waals surface area contributed by atoms with E-state index in [0.717, 1.165) is 17.7 Å². The zero-order chi connectivity index (χ0) is 12.6. The minimum Gasteiger partial charge on any atom is -0.392 e. The molecule has 90 valence electrons. The molecule has 1 fully saturated rings. The maximum atomic E-state index is 9.71. The number of nitriles is 1. The summed E-state index contributed by atoms with van der Waals surface area (Å²) >= 11 is 0. The van der Waals surface area contributed by atoms with E-state index in [0.29, 0.717) is 5.56 Å². The summed E-state index contributed by atoms with van der Waals surface area (Å²) in [6.45, 7) is 6.08. The third kappa shape index (κ3) is 1.89. The maximum absolute atomic E-state index is 9.71. The SMILES string of the molecule is Cc1cccc(C#N)c1NC1CC(O)C1(C)C. The van der Waals surface area contributed by atoms with Crippen LogP contribution in [0.4, 0.5) is 5.69 Å². The molecule has 1 aromatic rings. The molecule has 0 bridgehead atoms. The van der Waals surface area contributed by atoms with Crippen molar-refractivity contribution in [2.45, 2.75) is 39.3 Å². The van der Waals surface area contributed by atoms with E-state index in [4.69, 9.17) is 5.26 Å². The van der Waals surface area contributed by atoms with Crippen LogP contribution < -0.4 is 5.32 Å². The van der Waals surface area contributed by atoms with Crippen molar-refractivity contribution in [3.8, 4) is 6.07 Å². The maximum Gasteiger partial charge on any atom is 0.101 e. The van der Waals surface area contributed by atoms with Gasteiger partial charge in [-0.15, -0.1) is 0 Å². The second kappa shape index (κ2) is 4.05. The number of benzene rings is 1. The number of nitrogens with one attached hydrogen (secondary N) is 1. The van der Waals surface area contributed by atoms with E-state index < -0.39 is 0 Å². The largest absolute Gasteiger partial charge is 0.392 e. The lowest BCUT2D eigenvalue weighted by molar-refractivity contribution is -0.0510. The number of para-hydroxylation sites is 1. The number of aliphatic hydroxyl groups is 1. The number of nitrogens with zero attached hydrogens (tertiary/aromatic N) is 1. The van der Waals surface area contributed by atoms with Crippen molar-refractivity contribution in [1.82, 2.24) is 0 Å². The molecule has 0 amide bonds. The fourth-order valence-electron chi connectivity index (χ4n) is 2.27. The highest BCUT2D eigenvalue weighted by atomic mass is 16.3. The van der Waals surface area contributed by atoms with Crippen LogP contribution in [-0.2, 0) is 0 Å². The van der Waals surface area contributed by atoms with Gasteiger partial charge in [0, 0.05) is 11.5 Å². The Hall–Kier alpha value is -1.53. The van der Waals surface area contributed by atoms with Gasteiger partial charge in [0.2, 0.25) is 0 Å². The molecule has 17 heavy (non-hydrogen) atoms. The number of anilines is 1. The van der Waals surface area contributed by atoms with E-state index in [1.165, 1.54) is 0 Å². The first-order valence-electron chi connectivity index (χ1n) is 5.91. The first-order valence-corrected chi connectivity index (χ1v) is 5.91. The van der Waals surface area contributed by atoms with Gasteiger partial charge in [-0.05, 0) is 25.0 Å². The molecule has 1 aliphatic rings. The van der Waals surface area contributed by atoms with Crippen LogP contribution in [0.15, 0.2) is 18.2 Å². The molecule has 0 aliphatic heterocycles. The average Bonchev–Trinajstić information content (AvgIpc) is 2.30. The predicted octanol–water partition coefficient (Wildman–Crippen LogP) is 2.44. The van der Waals surface area contributed by atoms with Crippen LogP contribution in [0.1, 0.15) is 31.4 Å². The molecular formula is C14H18N2O. The van der Waals surface area contributed by atoms with Crippen molar-refractivity contribution < 1.29 is 5.11 Å². The second-order valence-corrected chi connectivity index (χ2v) is 5.38. The Bertz CT molecular complexity index is 474. The molecule has 1 aliphatic carbocycles. The molecular weight excluding hydrogens is 212 g/mol. The van der Waals surface area contributed by atoms with Gasteiger partial charge >= 0.3 is 0 Å². The molecule has 1 aromatic carbocycles. The molecule has 3 heteroatoms. The fourth-order valence-corrected chi connectivity index (χ4v) is 2.27. The lowest BCUT2D eigenvalue weighted by atomic mass is 9.64. The number of hydrogen-bond acceptors (Lipinski definition) is 3. The molecule has 0 heterocycles. The highest BCUT2D eigenvalue weighted by Crippen LogP contribution is 2.42. The monoisotopic (exact) mass is 230 g/mol. The van der Waals surface area contributed by atoms with E-state index in [1.807, 2.05) is 39.0 Å². The Kier molecular flexibility index (Phi) is 2.84. The summed E-state index contributed by atoms with van der Waals surface area (Å²) < 4.78 is 0. The summed E-state index contributed by atoms with van der Waals surface area (Å²) in [7, 11) is 0. The molecule has 2 N–H and O–H groups in total. The molecule has 2 rings (SSSR count). The highest BCUT2D eigenvalue weighted by molar-refractivity contribution is 5.63. The van der Waals surface area contributed by atoms with Gasteiger partial charge in [-0.3, -0.25) is 0 Å². The second-order valence-electron chi connectivity index (χ2n) is 5.38. The number of hydrogen-bond donors (Lipinski definition) is 2. The molecule has 0 aromatic heterocycles. The number of rotatable bonds is 2. The van der Waals surface area contributed by atoms with E-state index >= 15 is 0 Å². The van der Waals surface area contributed by atoms with E-state index in [-0.39, 0.29) is 17.6 Å². The molecule has 2 unspecified atom stereocenters. The third-order valence-electron chi connectivity index (χ3n) is 3.93. The van der Waals surface area contributed by atoms with Gasteiger partial charge in [0.1, 0.15) is 6.07 Å². The highest BCUT2D eigenvalue weighted by Gasteiger charge is 2.47. The van der Waals surface area contributed by atoms with Crippen LogP contribution in [0.25, 0.3) is 0 Å². The Balaban J connectivity index is 2.24. The van der Waals surface area contributed by atoms with Crippen molar-refractivity contribution in [1.29, 1.82) is 5.26 Å². The van der Waals surface area contributed by atoms with E-state index in [2.05, 4.69) is 11.4 Å². The van der Waals surface area contributed by atoms with Crippen LogP contribution >= 0.6 is 0 Å².